The second-order valence-electron chi connectivity index (χ2n) is 1.74. The summed E-state index contributed by atoms with van der Waals surface area (Å²) >= 11 is 5.59. The molecule has 1 rings (SSSR count). The molecule has 0 fully saturated rings. The van der Waals surface area contributed by atoms with Crippen molar-refractivity contribution in [1.82, 2.24) is 9.32 Å². The van der Waals surface area contributed by atoms with Crippen LogP contribution in [0, 0.1) is 0 Å². The highest BCUT2D eigenvalue weighted by Gasteiger charge is 2.05. The molecule has 8 heavy (non-hydrogen) atoms. The van der Waals surface area contributed by atoms with Gasteiger partial charge in [0.2, 0.25) is 0 Å². The molecule has 46 valence electrons. The van der Waals surface area contributed by atoms with Crippen molar-refractivity contribution in [3.05, 3.63) is 12.4 Å². The lowest BCUT2D eigenvalue weighted by Crippen LogP contribution is -2.18. The van der Waals surface area contributed by atoms with Crippen LogP contribution < -0.4 is 0 Å². The minimum absolute atomic E-state index is 0.818. The van der Waals surface area contributed by atoms with Gasteiger partial charge in [0.05, 0.1) is 0 Å². The minimum atomic E-state index is 0.818. The van der Waals surface area contributed by atoms with E-state index in [1.807, 2.05) is 12.4 Å². The fourth-order valence-electron chi connectivity index (χ4n) is 0.640. The van der Waals surface area contributed by atoms with Gasteiger partial charge in [-0.15, -0.1) is 0 Å². The monoisotopic (exact) mass is 132 g/mol. The Balaban J connectivity index is 2.34. The van der Waals surface area contributed by atoms with E-state index in [2.05, 4.69) is 11.8 Å². The van der Waals surface area contributed by atoms with Crippen LogP contribution in [0.15, 0.2) is 12.4 Å². The van der Waals surface area contributed by atoms with Gasteiger partial charge in [0.1, 0.15) is 6.67 Å². The maximum absolute atomic E-state index is 5.59. The summed E-state index contributed by atoms with van der Waals surface area (Å²) in [5.74, 6) is 0. The Hall–Kier alpha value is -0.370. The Morgan fingerprint density at radius 3 is 2.62 bits per heavy atom. The molecule has 1 aliphatic heterocycles. The Bertz CT molecular complexity index is 103. The van der Waals surface area contributed by atoms with Crippen molar-refractivity contribution in [3.63, 3.8) is 0 Å². The second-order valence-corrected chi connectivity index (χ2v) is 2.18. The van der Waals surface area contributed by atoms with E-state index in [1.165, 1.54) is 0 Å². The van der Waals surface area contributed by atoms with Crippen LogP contribution >= 0.6 is 11.8 Å². The highest BCUT2D eigenvalue weighted by Crippen LogP contribution is 2.06. The molecule has 0 N–H and O–H groups in total. The molecule has 1 aliphatic rings. The van der Waals surface area contributed by atoms with Crippen LogP contribution in [0.4, 0.5) is 0 Å². The molecule has 0 atom stereocenters. The third kappa shape index (κ3) is 1.07. The molecular formula is C5H9ClN2. The summed E-state index contributed by atoms with van der Waals surface area (Å²) in [6.45, 7) is 3.94. The Morgan fingerprint density at radius 1 is 1.62 bits per heavy atom. The first-order valence-electron chi connectivity index (χ1n) is 2.67. The van der Waals surface area contributed by atoms with Crippen molar-refractivity contribution in [2.24, 2.45) is 0 Å². The lowest BCUT2D eigenvalue weighted by Gasteiger charge is -2.12. The van der Waals surface area contributed by atoms with Gasteiger partial charge in [-0.1, -0.05) is 0 Å². The zero-order valence-corrected chi connectivity index (χ0v) is 5.60. The lowest BCUT2D eigenvalue weighted by atomic mass is 10.6. The molecule has 2 nitrogen and oxygen atoms in total. The predicted octanol–water partition coefficient (Wildman–Crippen LogP) is 1.21. The second kappa shape index (κ2) is 2.27. The normalized spacial score (nSPS) is 18.2. The van der Waals surface area contributed by atoms with Gasteiger partial charge in [-0.05, 0) is 6.92 Å². The maximum atomic E-state index is 5.59. The number of halogens is 1. The smallest absolute Gasteiger partial charge is 0.105 e. The highest BCUT2D eigenvalue weighted by molar-refractivity contribution is 6.14. The molecule has 0 unspecified atom stereocenters. The molecule has 0 amide bonds. The van der Waals surface area contributed by atoms with Crippen LogP contribution in [0.3, 0.4) is 0 Å². The largest absolute Gasteiger partial charge is 0.358 e. The van der Waals surface area contributed by atoms with Gasteiger partial charge in [-0.3, -0.25) is 4.42 Å². The van der Waals surface area contributed by atoms with Crippen molar-refractivity contribution >= 4 is 11.8 Å². The molecule has 0 aromatic rings. The van der Waals surface area contributed by atoms with Gasteiger partial charge in [0.15, 0.2) is 0 Å². The third-order valence-electron chi connectivity index (χ3n) is 1.16. The fraction of sp³-hybridized carbons (Fsp3) is 0.600. The lowest BCUT2D eigenvalue weighted by molar-refractivity contribution is 0.357. The topological polar surface area (TPSA) is 6.48 Å². The Labute approximate surface area is 54.4 Å². The quantitative estimate of drug-likeness (QED) is 0.495. The first-order chi connectivity index (χ1) is 3.83. The predicted molar refractivity (Wildman–Crippen MR) is 34.1 cm³/mol. The Kier molecular flexibility index (Phi) is 1.63. The molecule has 0 radical (unpaired) electrons. The average molecular weight is 133 g/mol. The average Bonchev–Trinajstić information content (AvgIpc) is 2.14. The van der Waals surface area contributed by atoms with E-state index < -0.39 is 0 Å². The van der Waals surface area contributed by atoms with Crippen molar-refractivity contribution < 1.29 is 0 Å². The van der Waals surface area contributed by atoms with E-state index in [4.69, 9.17) is 11.8 Å². The molecular weight excluding hydrogens is 124 g/mol. The van der Waals surface area contributed by atoms with Gasteiger partial charge in [0.25, 0.3) is 0 Å². The Morgan fingerprint density at radius 2 is 2.38 bits per heavy atom. The number of hydrogen-bond donors (Lipinski definition) is 0. The summed E-state index contributed by atoms with van der Waals surface area (Å²) in [6, 6.07) is 0. The molecule has 0 saturated carbocycles. The number of hydrogen-bond acceptors (Lipinski definition) is 2. The molecule has 3 heteroatoms. The summed E-state index contributed by atoms with van der Waals surface area (Å²) in [6.07, 6.45) is 3.83. The van der Waals surface area contributed by atoms with Crippen LogP contribution in [0.1, 0.15) is 6.92 Å². The van der Waals surface area contributed by atoms with Crippen LogP contribution in [-0.4, -0.2) is 22.5 Å². The van der Waals surface area contributed by atoms with Crippen molar-refractivity contribution in [1.29, 1.82) is 0 Å². The van der Waals surface area contributed by atoms with E-state index in [9.17, 15) is 0 Å². The van der Waals surface area contributed by atoms with Crippen LogP contribution in [0.5, 0.6) is 0 Å². The standard InChI is InChI=1S/C5H9ClN2/c1-2-7-3-4-8(6)5-7/h3-4H,2,5H2,1H3. The molecule has 0 saturated heterocycles. The van der Waals surface area contributed by atoms with Gasteiger partial charge in [0, 0.05) is 30.7 Å². The van der Waals surface area contributed by atoms with E-state index in [1.54, 1.807) is 4.42 Å². The van der Waals surface area contributed by atoms with E-state index in [-0.39, 0.29) is 0 Å². The summed E-state index contributed by atoms with van der Waals surface area (Å²) < 4.78 is 1.63. The summed E-state index contributed by atoms with van der Waals surface area (Å²) in [5, 5.41) is 0. The summed E-state index contributed by atoms with van der Waals surface area (Å²) in [4.78, 5) is 2.12. The summed E-state index contributed by atoms with van der Waals surface area (Å²) in [7, 11) is 0. The first-order valence-corrected chi connectivity index (χ1v) is 3.01. The van der Waals surface area contributed by atoms with E-state index >= 15 is 0 Å². The fourth-order valence-corrected chi connectivity index (χ4v) is 0.828. The van der Waals surface area contributed by atoms with Crippen molar-refractivity contribution in [2.45, 2.75) is 6.92 Å². The molecule has 1 heterocycles. The molecule has 0 aromatic heterocycles. The van der Waals surface area contributed by atoms with Crippen LogP contribution in [0.2, 0.25) is 0 Å². The van der Waals surface area contributed by atoms with E-state index in [0.29, 0.717) is 0 Å². The van der Waals surface area contributed by atoms with Crippen molar-refractivity contribution in [3.8, 4) is 0 Å². The summed E-state index contributed by atoms with van der Waals surface area (Å²) in [5.41, 5.74) is 0. The van der Waals surface area contributed by atoms with Gasteiger partial charge in [-0.2, -0.15) is 0 Å². The van der Waals surface area contributed by atoms with Crippen LogP contribution in [-0.2, 0) is 0 Å². The molecule has 0 aliphatic carbocycles. The molecule has 0 spiro atoms. The SMILES string of the molecule is CCN1C=CN(Cl)C1. The zero-order chi connectivity index (χ0) is 5.98. The zero-order valence-electron chi connectivity index (χ0n) is 4.84. The number of rotatable bonds is 1. The number of nitrogens with zero attached hydrogens (tertiary/aromatic N) is 2. The highest BCUT2D eigenvalue weighted by atomic mass is 35.5. The first kappa shape index (κ1) is 5.76. The van der Waals surface area contributed by atoms with Gasteiger partial charge < -0.3 is 4.90 Å². The minimum Gasteiger partial charge on any atom is -0.358 e. The van der Waals surface area contributed by atoms with Crippen molar-refractivity contribution in [2.75, 3.05) is 13.2 Å². The van der Waals surface area contributed by atoms with Gasteiger partial charge in [-0.25, -0.2) is 0 Å². The van der Waals surface area contributed by atoms with E-state index in [0.717, 1.165) is 13.2 Å². The molecule has 0 bridgehead atoms. The van der Waals surface area contributed by atoms with Gasteiger partial charge >= 0.3 is 0 Å². The van der Waals surface area contributed by atoms with Crippen LogP contribution in [0.25, 0.3) is 0 Å². The molecule has 0 aromatic carbocycles. The third-order valence-corrected chi connectivity index (χ3v) is 1.38. The maximum Gasteiger partial charge on any atom is 0.105 e.